The first kappa shape index (κ1) is 21.5. The zero-order valence-corrected chi connectivity index (χ0v) is 15.2. The van der Waals surface area contributed by atoms with Gasteiger partial charge in [-0.1, -0.05) is 11.6 Å². The van der Waals surface area contributed by atoms with Gasteiger partial charge in [-0.2, -0.15) is 17.6 Å². The molecule has 2 rings (SSSR count). The molecule has 2 aromatic carbocycles. The van der Waals surface area contributed by atoms with Crippen molar-refractivity contribution in [3.63, 3.8) is 0 Å². The van der Waals surface area contributed by atoms with Crippen molar-refractivity contribution >= 4 is 39.2 Å². The molecule has 1 N–H and O–H groups in total. The second kappa shape index (κ2) is 7.28. The number of halogens is 6. The monoisotopic (exact) mass is 446 g/mol. The van der Waals surface area contributed by atoms with Crippen molar-refractivity contribution in [2.45, 2.75) is 25.9 Å². The van der Waals surface area contributed by atoms with Crippen molar-refractivity contribution in [1.29, 1.82) is 0 Å². The SMILES string of the molecule is O=C(O)C(F)(F)C(F)(F)Sc1ccc(S(=O)(=O)c2ccc(Cl)cc2F)cc1. The van der Waals surface area contributed by atoms with E-state index in [9.17, 15) is 35.2 Å². The van der Waals surface area contributed by atoms with E-state index in [1.165, 1.54) is 0 Å². The molecule has 0 fully saturated rings. The van der Waals surface area contributed by atoms with Crippen LogP contribution in [0, 0.1) is 5.82 Å². The number of thioether (sulfide) groups is 1. The highest BCUT2D eigenvalue weighted by molar-refractivity contribution is 8.00. The Morgan fingerprint density at radius 2 is 1.59 bits per heavy atom. The Kier molecular flexibility index (Phi) is 5.79. The first-order valence-electron chi connectivity index (χ1n) is 6.77. The summed E-state index contributed by atoms with van der Waals surface area (Å²) in [6.07, 6.45) is 0. The molecular weight excluding hydrogens is 439 g/mol. The Balaban J connectivity index is 2.33. The second-order valence-electron chi connectivity index (χ2n) is 5.05. The van der Waals surface area contributed by atoms with Crippen LogP contribution >= 0.6 is 23.4 Å². The average molecular weight is 447 g/mol. The standard InChI is InChI=1S/C15H8ClF5O4S2/c16-8-1-6-12(11(17)7-8)27(24,25)10-4-2-9(3-5-10)26-15(20,21)14(18,19)13(22)23/h1-7H,(H,22,23). The molecule has 0 aliphatic rings. The average Bonchev–Trinajstić information content (AvgIpc) is 2.54. The maximum absolute atomic E-state index is 13.8. The van der Waals surface area contributed by atoms with Crippen LogP contribution in [0.3, 0.4) is 0 Å². The summed E-state index contributed by atoms with van der Waals surface area (Å²) in [7, 11) is -4.36. The van der Waals surface area contributed by atoms with E-state index in [1.807, 2.05) is 0 Å². The fourth-order valence-corrected chi connectivity index (χ4v) is 4.10. The number of hydrogen-bond donors (Lipinski definition) is 1. The zero-order chi connectivity index (χ0) is 20.6. The molecule has 0 heterocycles. The van der Waals surface area contributed by atoms with Crippen molar-refractivity contribution in [3.8, 4) is 0 Å². The summed E-state index contributed by atoms with van der Waals surface area (Å²) in [5, 5.41) is 3.18. The van der Waals surface area contributed by atoms with E-state index in [2.05, 4.69) is 0 Å². The summed E-state index contributed by atoms with van der Waals surface area (Å²) in [4.78, 5) is 8.57. The van der Waals surface area contributed by atoms with Gasteiger partial charge in [0.2, 0.25) is 9.84 Å². The van der Waals surface area contributed by atoms with Crippen LogP contribution in [0.2, 0.25) is 5.02 Å². The molecule has 0 bridgehead atoms. The molecule has 12 heteroatoms. The molecule has 27 heavy (non-hydrogen) atoms. The van der Waals surface area contributed by atoms with Crippen LogP contribution in [-0.2, 0) is 14.6 Å². The number of sulfone groups is 1. The molecule has 0 amide bonds. The second-order valence-corrected chi connectivity index (χ2v) is 8.59. The lowest BCUT2D eigenvalue weighted by Crippen LogP contribution is -2.44. The van der Waals surface area contributed by atoms with Crippen LogP contribution in [-0.4, -0.2) is 30.7 Å². The molecule has 0 aliphatic heterocycles. The van der Waals surface area contributed by atoms with Crippen LogP contribution in [0.25, 0.3) is 0 Å². The summed E-state index contributed by atoms with van der Waals surface area (Å²) in [5.41, 5.74) is 0. The smallest absolute Gasteiger partial charge is 0.414 e. The Labute approximate surface area is 158 Å². The van der Waals surface area contributed by atoms with Gasteiger partial charge in [-0.25, -0.2) is 17.6 Å². The lowest BCUT2D eigenvalue weighted by Gasteiger charge is -2.22. The van der Waals surface area contributed by atoms with Gasteiger partial charge in [0.05, 0.1) is 4.90 Å². The molecule has 4 nitrogen and oxygen atoms in total. The third kappa shape index (κ3) is 4.19. The highest BCUT2D eigenvalue weighted by Crippen LogP contribution is 2.47. The van der Waals surface area contributed by atoms with Crippen molar-refractivity contribution < 1.29 is 40.3 Å². The van der Waals surface area contributed by atoms with Gasteiger partial charge in [0.1, 0.15) is 10.7 Å². The van der Waals surface area contributed by atoms with Crippen LogP contribution in [0.15, 0.2) is 57.2 Å². The predicted molar refractivity (Wildman–Crippen MR) is 86.7 cm³/mol. The van der Waals surface area contributed by atoms with Crippen molar-refractivity contribution in [2.75, 3.05) is 0 Å². The Hall–Kier alpha value is -1.85. The molecule has 0 radical (unpaired) electrons. The lowest BCUT2D eigenvalue weighted by molar-refractivity contribution is -0.195. The molecule has 146 valence electrons. The molecule has 0 aromatic heterocycles. The molecule has 0 aliphatic carbocycles. The van der Waals surface area contributed by atoms with Crippen LogP contribution in [0.5, 0.6) is 0 Å². The predicted octanol–water partition coefficient (Wildman–Crippen LogP) is 4.72. The van der Waals surface area contributed by atoms with E-state index in [1.54, 1.807) is 0 Å². The van der Waals surface area contributed by atoms with E-state index in [0.29, 0.717) is 0 Å². The third-order valence-corrected chi connectivity index (χ3v) is 6.26. The van der Waals surface area contributed by atoms with E-state index >= 15 is 0 Å². The molecule has 0 saturated heterocycles. The number of hydrogen-bond acceptors (Lipinski definition) is 4. The van der Waals surface area contributed by atoms with Gasteiger partial charge in [-0.3, -0.25) is 0 Å². The van der Waals surface area contributed by atoms with Gasteiger partial charge in [-0.15, -0.1) is 0 Å². The quantitative estimate of drug-likeness (QED) is 0.513. The van der Waals surface area contributed by atoms with Gasteiger partial charge >= 0.3 is 17.1 Å². The van der Waals surface area contributed by atoms with Crippen molar-refractivity contribution in [2.24, 2.45) is 0 Å². The van der Waals surface area contributed by atoms with Crippen LogP contribution in [0.1, 0.15) is 0 Å². The van der Waals surface area contributed by atoms with Crippen molar-refractivity contribution in [1.82, 2.24) is 0 Å². The van der Waals surface area contributed by atoms with E-state index in [0.717, 1.165) is 42.5 Å². The third-order valence-electron chi connectivity index (χ3n) is 3.20. The molecule has 0 unspecified atom stereocenters. The number of aliphatic carboxylic acids is 1. The van der Waals surface area contributed by atoms with Gasteiger partial charge in [0.25, 0.3) is 0 Å². The number of carboxylic acids is 1. The Bertz CT molecular complexity index is 978. The first-order valence-corrected chi connectivity index (χ1v) is 9.45. The minimum Gasteiger partial charge on any atom is -0.477 e. The number of rotatable bonds is 6. The Morgan fingerprint density at radius 3 is 2.07 bits per heavy atom. The summed E-state index contributed by atoms with van der Waals surface area (Å²) in [6.45, 7) is 0. The minimum absolute atomic E-state index is 0.0419. The van der Waals surface area contributed by atoms with E-state index in [4.69, 9.17) is 16.7 Å². The minimum atomic E-state index is -5.34. The normalized spacial score (nSPS) is 12.8. The number of carboxylic acid groups (broad SMARTS) is 1. The van der Waals surface area contributed by atoms with Gasteiger partial charge in [-0.05, 0) is 54.2 Å². The summed E-state index contributed by atoms with van der Waals surface area (Å²) < 4.78 is 91.7. The molecule has 0 saturated carbocycles. The number of carbonyl (C=O) groups is 1. The fraction of sp³-hybridized carbons (Fsp3) is 0.133. The lowest BCUT2D eigenvalue weighted by atomic mass is 10.3. The van der Waals surface area contributed by atoms with E-state index < -0.39 is 59.2 Å². The Morgan fingerprint density at radius 1 is 1.04 bits per heavy atom. The zero-order valence-electron chi connectivity index (χ0n) is 12.8. The first-order chi connectivity index (χ1) is 12.3. The van der Waals surface area contributed by atoms with Crippen LogP contribution < -0.4 is 0 Å². The number of benzene rings is 2. The van der Waals surface area contributed by atoms with Gasteiger partial charge in [0, 0.05) is 9.92 Å². The van der Waals surface area contributed by atoms with Gasteiger partial charge < -0.3 is 5.11 Å². The summed E-state index contributed by atoms with van der Waals surface area (Å²) in [6, 6.07) is 5.98. The maximum Gasteiger partial charge on any atom is 0.414 e. The van der Waals surface area contributed by atoms with Gasteiger partial charge in [0.15, 0.2) is 0 Å². The van der Waals surface area contributed by atoms with Crippen molar-refractivity contribution in [3.05, 3.63) is 53.3 Å². The topological polar surface area (TPSA) is 71.4 Å². The number of alkyl halides is 4. The molecule has 2 aromatic rings. The maximum atomic E-state index is 13.8. The summed E-state index contributed by atoms with van der Waals surface area (Å²) in [5.74, 6) is -9.47. The molecule has 0 atom stereocenters. The highest BCUT2D eigenvalue weighted by atomic mass is 35.5. The molecule has 0 spiro atoms. The van der Waals surface area contributed by atoms with Crippen LogP contribution in [0.4, 0.5) is 22.0 Å². The highest BCUT2D eigenvalue weighted by Gasteiger charge is 2.63. The summed E-state index contributed by atoms with van der Waals surface area (Å²) >= 11 is 4.79. The molecular formula is C15H8ClF5O4S2. The van der Waals surface area contributed by atoms with E-state index in [-0.39, 0.29) is 5.02 Å². The largest absolute Gasteiger partial charge is 0.477 e. The fourth-order valence-electron chi connectivity index (χ4n) is 1.84.